The number of benzene rings is 1. The van der Waals surface area contributed by atoms with Crippen LogP contribution < -0.4 is 0 Å². The topological polar surface area (TPSA) is 43.1 Å². The van der Waals surface area contributed by atoms with Gasteiger partial charge in [-0.3, -0.25) is 10.1 Å². The van der Waals surface area contributed by atoms with Gasteiger partial charge in [0.1, 0.15) is 0 Å². The van der Waals surface area contributed by atoms with Gasteiger partial charge < -0.3 is 0 Å². The number of nitro benzene ring substituents is 1. The first-order valence-corrected chi connectivity index (χ1v) is 5.61. The van der Waals surface area contributed by atoms with Crippen molar-refractivity contribution in [2.24, 2.45) is 0 Å². The number of rotatable bonds is 3. The van der Waals surface area contributed by atoms with Crippen molar-refractivity contribution < 1.29 is 4.92 Å². The van der Waals surface area contributed by atoms with Crippen LogP contribution >= 0.6 is 11.8 Å². The van der Waals surface area contributed by atoms with Crippen LogP contribution in [0.1, 0.15) is 25.3 Å². The molecule has 4 heteroatoms. The molecule has 1 aromatic rings. The minimum Gasteiger partial charge on any atom is -0.258 e. The van der Waals surface area contributed by atoms with Gasteiger partial charge in [0.05, 0.1) is 9.82 Å². The van der Waals surface area contributed by atoms with E-state index in [4.69, 9.17) is 0 Å². The molecule has 0 heterocycles. The minimum absolute atomic E-state index is 0.212. The molecule has 0 amide bonds. The number of nitrogens with zero attached hydrogens (tertiary/aromatic N) is 1. The smallest absolute Gasteiger partial charge is 0.258 e. The van der Waals surface area contributed by atoms with Crippen LogP contribution in [0, 0.1) is 10.1 Å². The highest BCUT2D eigenvalue weighted by Crippen LogP contribution is 2.30. The fourth-order valence-corrected chi connectivity index (χ4v) is 1.76. The summed E-state index contributed by atoms with van der Waals surface area (Å²) in [6, 6.07) is 5.43. The second kappa shape index (κ2) is 4.46. The van der Waals surface area contributed by atoms with Gasteiger partial charge in [0.2, 0.25) is 0 Å². The van der Waals surface area contributed by atoms with Crippen LogP contribution in [0.4, 0.5) is 5.69 Å². The average molecular weight is 211 g/mol. The van der Waals surface area contributed by atoms with Gasteiger partial charge in [0.25, 0.3) is 5.69 Å². The molecule has 1 aromatic carbocycles. The second-order valence-corrected chi connectivity index (χ2v) is 4.19. The van der Waals surface area contributed by atoms with E-state index < -0.39 is 0 Å². The van der Waals surface area contributed by atoms with Crippen molar-refractivity contribution in [2.75, 3.05) is 6.26 Å². The summed E-state index contributed by atoms with van der Waals surface area (Å²) in [4.78, 5) is 11.1. The van der Waals surface area contributed by atoms with Crippen LogP contribution in [0.3, 0.4) is 0 Å². The first-order valence-electron chi connectivity index (χ1n) is 4.38. The van der Waals surface area contributed by atoms with Gasteiger partial charge in [0, 0.05) is 6.07 Å². The molecule has 1 rings (SSSR count). The molecule has 0 aromatic heterocycles. The van der Waals surface area contributed by atoms with Crippen LogP contribution in [0.25, 0.3) is 0 Å². The molecule has 0 aliphatic heterocycles. The lowest BCUT2D eigenvalue weighted by molar-refractivity contribution is -0.387. The molecule has 0 fully saturated rings. The second-order valence-electron chi connectivity index (χ2n) is 3.34. The Kier molecular flexibility index (Phi) is 3.52. The molecule has 0 aliphatic rings. The van der Waals surface area contributed by atoms with E-state index in [1.54, 1.807) is 6.07 Å². The van der Waals surface area contributed by atoms with E-state index >= 15 is 0 Å². The molecule has 0 atom stereocenters. The molecular formula is C10H13NO2S. The zero-order valence-electron chi connectivity index (χ0n) is 8.48. The van der Waals surface area contributed by atoms with Crippen molar-refractivity contribution in [1.29, 1.82) is 0 Å². The molecule has 0 spiro atoms. The Morgan fingerprint density at radius 2 is 2.07 bits per heavy atom. The van der Waals surface area contributed by atoms with E-state index in [-0.39, 0.29) is 10.6 Å². The van der Waals surface area contributed by atoms with Crippen molar-refractivity contribution in [3.05, 3.63) is 33.9 Å². The third kappa shape index (κ3) is 2.26. The SMILES string of the molecule is CSc1ccc(C(C)C)cc1[N+](=O)[O-]. The maximum Gasteiger partial charge on any atom is 0.283 e. The quantitative estimate of drug-likeness (QED) is 0.437. The Hall–Kier alpha value is -1.03. The Labute approximate surface area is 87.7 Å². The van der Waals surface area contributed by atoms with Gasteiger partial charge >= 0.3 is 0 Å². The molecule has 0 saturated heterocycles. The lowest BCUT2D eigenvalue weighted by atomic mass is 10.0. The highest BCUT2D eigenvalue weighted by molar-refractivity contribution is 7.98. The first kappa shape index (κ1) is 11.0. The van der Waals surface area contributed by atoms with Gasteiger partial charge in [0.15, 0.2) is 0 Å². The van der Waals surface area contributed by atoms with Crippen molar-refractivity contribution in [1.82, 2.24) is 0 Å². The monoisotopic (exact) mass is 211 g/mol. The third-order valence-electron chi connectivity index (χ3n) is 2.07. The largest absolute Gasteiger partial charge is 0.283 e. The standard InChI is InChI=1S/C10H13NO2S/c1-7(2)8-4-5-10(14-3)9(6-8)11(12)13/h4-7H,1-3H3. The minimum atomic E-state index is -0.322. The molecule has 76 valence electrons. The van der Waals surface area contributed by atoms with E-state index in [1.807, 2.05) is 32.2 Å². The third-order valence-corrected chi connectivity index (χ3v) is 2.85. The fourth-order valence-electron chi connectivity index (χ4n) is 1.21. The lowest BCUT2D eigenvalue weighted by Crippen LogP contribution is -1.94. The molecule has 0 bridgehead atoms. The molecular weight excluding hydrogens is 198 g/mol. The predicted octanol–water partition coefficient (Wildman–Crippen LogP) is 3.44. The Balaban J connectivity index is 3.21. The Bertz CT molecular complexity index is 350. The summed E-state index contributed by atoms with van der Waals surface area (Å²) >= 11 is 1.40. The van der Waals surface area contributed by atoms with Gasteiger partial charge in [-0.25, -0.2) is 0 Å². The van der Waals surface area contributed by atoms with Crippen molar-refractivity contribution >= 4 is 17.4 Å². The summed E-state index contributed by atoms with van der Waals surface area (Å²) in [7, 11) is 0. The Morgan fingerprint density at radius 3 is 2.50 bits per heavy atom. The van der Waals surface area contributed by atoms with Crippen molar-refractivity contribution in [3.63, 3.8) is 0 Å². The first-order chi connectivity index (χ1) is 6.56. The number of thioether (sulfide) groups is 1. The average Bonchev–Trinajstić information content (AvgIpc) is 2.16. The van der Waals surface area contributed by atoms with Crippen LogP contribution in [0.2, 0.25) is 0 Å². The number of nitro groups is 1. The fraction of sp³-hybridized carbons (Fsp3) is 0.400. The molecule has 0 saturated carbocycles. The highest BCUT2D eigenvalue weighted by Gasteiger charge is 2.14. The zero-order chi connectivity index (χ0) is 10.7. The lowest BCUT2D eigenvalue weighted by Gasteiger charge is -2.06. The molecule has 3 nitrogen and oxygen atoms in total. The van der Waals surface area contributed by atoms with Gasteiger partial charge in [-0.2, -0.15) is 0 Å². The predicted molar refractivity (Wildman–Crippen MR) is 59.0 cm³/mol. The van der Waals surface area contributed by atoms with E-state index in [2.05, 4.69) is 0 Å². The normalized spacial score (nSPS) is 10.6. The summed E-state index contributed by atoms with van der Waals surface area (Å²) in [5.74, 6) is 0.324. The van der Waals surface area contributed by atoms with Crippen LogP contribution in [0.15, 0.2) is 23.1 Å². The zero-order valence-corrected chi connectivity index (χ0v) is 9.30. The summed E-state index contributed by atoms with van der Waals surface area (Å²) in [6.45, 7) is 4.05. The van der Waals surface area contributed by atoms with Crippen molar-refractivity contribution in [2.45, 2.75) is 24.7 Å². The van der Waals surface area contributed by atoms with E-state index in [1.165, 1.54) is 11.8 Å². The van der Waals surface area contributed by atoms with E-state index in [0.29, 0.717) is 5.92 Å². The molecule has 0 radical (unpaired) electrons. The summed E-state index contributed by atoms with van der Waals surface area (Å²) in [5.41, 5.74) is 1.22. The maximum absolute atomic E-state index is 10.7. The summed E-state index contributed by atoms with van der Waals surface area (Å²) < 4.78 is 0. The summed E-state index contributed by atoms with van der Waals surface area (Å²) in [5, 5.41) is 10.7. The van der Waals surface area contributed by atoms with E-state index in [0.717, 1.165) is 10.5 Å². The van der Waals surface area contributed by atoms with Crippen LogP contribution in [0.5, 0.6) is 0 Å². The van der Waals surface area contributed by atoms with Gasteiger partial charge in [-0.05, 0) is 23.8 Å². The molecule has 0 aliphatic carbocycles. The highest BCUT2D eigenvalue weighted by atomic mass is 32.2. The van der Waals surface area contributed by atoms with Crippen molar-refractivity contribution in [3.8, 4) is 0 Å². The molecule has 0 unspecified atom stereocenters. The van der Waals surface area contributed by atoms with Gasteiger partial charge in [-0.1, -0.05) is 19.9 Å². The van der Waals surface area contributed by atoms with Gasteiger partial charge in [-0.15, -0.1) is 11.8 Å². The maximum atomic E-state index is 10.7. The summed E-state index contributed by atoms with van der Waals surface area (Å²) in [6.07, 6.45) is 1.84. The Morgan fingerprint density at radius 1 is 1.43 bits per heavy atom. The van der Waals surface area contributed by atoms with Crippen LogP contribution in [-0.2, 0) is 0 Å². The number of hydrogen-bond acceptors (Lipinski definition) is 3. The van der Waals surface area contributed by atoms with E-state index in [9.17, 15) is 10.1 Å². The van der Waals surface area contributed by atoms with Crippen LogP contribution in [-0.4, -0.2) is 11.2 Å². The number of hydrogen-bond donors (Lipinski definition) is 0. The molecule has 0 N–H and O–H groups in total. The molecule has 14 heavy (non-hydrogen) atoms.